The van der Waals surface area contributed by atoms with Gasteiger partial charge in [-0.3, -0.25) is 9.88 Å². The molecule has 1 aliphatic heterocycles. The van der Waals surface area contributed by atoms with E-state index in [9.17, 15) is 0 Å². The van der Waals surface area contributed by atoms with Crippen molar-refractivity contribution in [3.05, 3.63) is 42.1 Å². The van der Waals surface area contributed by atoms with Gasteiger partial charge < -0.3 is 0 Å². The molecular weight excluding hydrogens is 300 g/mol. The topological polar surface area (TPSA) is 16.1 Å². The van der Waals surface area contributed by atoms with Crippen molar-refractivity contribution in [1.82, 2.24) is 9.88 Å². The molecule has 3 heteroatoms. The van der Waals surface area contributed by atoms with Gasteiger partial charge in [0.2, 0.25) is 0 Å². The van der Waals surface area contributed by atoms with Crippen LogP contribution in [0, 0.1) is 5.92 Å². The quantitative estimate of drug-likeness (QED) is 0.799. The number of hydrogen-bond acceptors (Lipinski definition) is 2. The fourth-order valence-corrected chi connectivity index (χ4v) is 3.48. The number of likely N-dealkylation sites (tertiary alicyclic amines) is 1. The van der Waals surface area contributed by atoms with E-state index in [-0.39, 0.29) is 0 Å². The highest BCUT2D eigenvalue weighted by atomic mass is 79.9. The van der Waals surface area contributed by atoms with Gasteiger partial charge in [0.1, 0.15) is 0 Å². The van der Waals surface area contributed by atoms with Gasteiger partial charge in [0.05, 0.1) is 5.52 Å². The highest BCUT2D eigenvalue weighted by Crippen LogP contribution is 2.23. The van der Waals surface area contributed by atoms with Crippen molar-refractivity contribution in [2.24, 2.45) is 5.92 Å². The summed E-state index contributed by atoms with van der Waals surface area (Å²) in [7, 11) is 0. The highest BCUT2D eigenvalue weighted by molar-refractivity contribution is 9.09. The van der Waals surface area contributed by atoms with Crippen molar-refractivity contribution >= 4 is 26.8 Å². The monoisotopic (exact) mass is 318 g/mol. The van der Waals surface area contributed by atoms with E-state index in [4.69, 9.17) is 0 Å². The average Bonchev–Trinajstić information content (AvgIpc) is 2.48. The number of aromatic nitrogens is 1. The molecule has 3 rings (SSSR count). The summed E-state index contributed by atoms with van der Waals surface area (Å²) in [5.41, 5.74) is 2.51. The van der Waals surface area contributed by atoms with Crippen LogP contribution in [0.3, 0.4) is 0 Å². The zero-order valence-electron chi connectivity index (χ0n) is 11.1. The molecule has 2 nitrogen and oxygen atoms in total. The van der Waals surface area contributed by atoms with E-state index >= 15 is 0 Å². The normalized spacial score (nSPS) is 20.8. The van der Waals surface area contributed by atoms with E-state index in [0.29, 0.717) is 0 Å². The number of para-hydroxylation sites is 1. The van der Waals surface area contributed by atoms with Crippen LogP contribution in [0.5, 0.6) is 0 Å². The molecule has 0 aliphatic carbocycles. The Balaban J connectivity index is 1.81. The lowest BCUT2D eigenvalue weighted by atomic mass is 9.99. The largest absolute Gasteiger partial charge is 0.299 e. The Hall–Kier alpha value is -0.930. The van der Waals surface area contributed by atoms with Crippen LogP contribution < -0.4 is 0 Å². The molecular formula is C16H19BrN2. The molecule has 1 fully saturated rings. The SMILES string of the molecule is BrCC1CCCN(Cc2ccnc3ccccc23)C1. The average molecular weight is 319 g/mol. The predicted molar refractivity (Wildman–Crippen MR) is 83.5 cm³/mol. The summed E-state index contributed by atoms with van der Waals surface area (Å²) in [6.45, 7) is 3.48. The summed E-state index contributed by atoms with van der Waals surface area (Å²) in [5.74, 6) is 0.807. The van der Waals surface area contributed by atoms with Gasteiger partial charge in [-0.15, -0.1) is 0 Å². The molecule has 1 aromatic heterocycles. The molecule has 1 aliphatic rings. The summed E-state index contributed by atoms with van der Waals surface area (Å²) in [6.07, 6.45) is 4.61. The van der Waals surface area contributed by atoms with Crippen LogP contribution in [0.25, 0.3) is 10.9 Å². The molecule has 1 aromatic carbocycles. The van der Waals surface area contributed by atoms with Gasteiger partial charge in [-0.05, 0) is 43.0 Å². The molecule has 0 radical (unpaired) electrons. The molecule has 1 unspecified atom stereocenters. The Labute approximate surface area is 123 Å². The lowest BCUT2D eigenvalue weighted by Crippen LogP contribution is -2.35. The van der Waals surface area contributed by atoms with Gasteiger partial charge in [0.15, 0.2) is 0 Å². The smallest absolute Gasteiger partial charge is 0.0705 e. The standard InChI is InChI=1S/C16H19BrN2/c17-10-13-4-3-9-19(11-13)12-14-7-8-18-16-6-2-1-5-15(14)16/h1-2,5-8,13H,3-4,9-12H2. The fraction of sp³-hybridized carbons (Fsp3) is 0.438. The van der Waals surface area contributed by atoms with E-state index < -0.39 is 0 Å². The third-order valence-corrected chi connectivity index (χ3v) is 4.87. The number of nitrogens with zero attached hydrogens (tertiary/aromatic N) is 2. The van der Waals surface area contributed by atoms with Crippen molar-refractivity contribution in [1.29, 1.82) is 0 Å². The minimum absolute atomic E-state index is 0.807. The summed E-state index contributed by atoms with van der Waals surface area (Å²) < 4.78 is 0. The van der Waals surface area contributed by atoms with Crippen LogP contribution in [-0.2, 0) is 6.54 Å². The van der Waals surface area contributed by atoms with Crippen molar-refractivity contribution in [2.45, 2.75) is 19.4 Å². The first kappa shape index (κ1) is 13.1. The Morgan fingerprint density at radius 1 is 1.26 bits per heavy atom. The van der Waals surface area contributed by atoms with Gasteiger partial charge in [-0.25, -0.2) is 0 Å². The zero-order valence-corrected chi connectivity index (χ0v) is 12.6. The van der Waals surface area contributed by atoms with Gasteiger partial charge >= 0.3 is 0 Å². The van der Waals surface area contributed by atoms with Crippen molar-refractivity contribution in [2.75, 3.05) is 18.4 Å². The molecule has 0 bridgehead atoms. The molecule has 0 saturated carbocycles. The van der Waals surface area contributed by atoms with Crippen LogP contribution in [0.2, 0.25) is 0 Å². The third-order valence-electron chi connectivity index (χ3n) is 3.95. The van der Waals surface area contributed by atoms with E-state index in [0.717, 1.165) is 23.3 Å². The van der Waals surface area contributed by atoms with Gasteiger partial charge in [0, 0.05) is 30.0 Å². The Morgan fingerprint density at radius 3 is 3.05 bits per heavy atom. The fourth-order valence-electron chi connectivity index (χ4n) is 2.95. The zero-order chi connectivity index (χ0) is 13.1. The van der Waals surface area contributed by atoms with Crippen molar-refractivity contribution < 1.29 is 0 Å². The maximum Gasteiger partial charge on any atom is 0.0705 e. The lowest BCUT2D eigenvalue weighted by molar-refractivity contribution is 0.180. The number of piperidine rings is 1. The number of alkyl halides is 1. The first-order chi connectivity index (χ1) is 9.36. The second-order valence-electron chi connectivity index (χ2n) is 5.38. The highest BCUT2D eigenvalue weighted by Gasteiger charge is 2.19. The number of rotatable bonds is 3. The molecule has 19 heavy (non-hydrogen) atoms. The molecule has 1 atom stereocenters. The van der Waals surface area contributed by atoms with Crippen molar-refractivity contribution in [3.63, 3.8) is 0 Å². The first-order valence-electron chi connectivity index (χ1n) is 6.98. The maximum atomic E-state index is 4.44. The lowest BCUT2D eigenvalue weighted by Gasteiger charge is -2.32. The van der Waals surface area contributed by atoms with Gasteiger partial charge in [-0.1, -0.05) is 34.1 Å². The third kappa shape index (κ3) is 2.98. The minimum Gasteiger partial charge on any atom is -0.299 e. The molecule has 1 saturated heterocycles. The molecule has 0 spiro atoms. The van der Waals surface area contributed by atoms with Crippen LogP contribution in [0.15, 0.2) is 36.5 Å². The summed E-state index contributed by atoms with van der Waals surface area (Å²) in [4.78, 5) is 7.02. The number of pyridine rings is 1. The summed E-state index contributed by atoms with van der Waals surface area (Å²) in [5, 5.41) is 2.42. The first-order valence-corrected chi connectivity index (χ1v) is 8.10. The summed E-state index contributed by atoms with van der Waals surface area (Å²) in [6, 6.07) is 10.6. The number of benzene rings is 1. The molecule has 2 heterocycles. The van der Waals surface area contributed by atoms with Gasteiger partial charge in [0.25, 0.3) is 0 Å². The maximum absolute atomic E-state index is 4.44. The Morgan fingerprint density at radius 2 is 2.16 bits per heavy atom. The van der Waals surface area contributed by atoms with Crippen LogP contribution >= 0.6 is 15.9 Å². The van der Waals surface area contributed by atoms with Crippen molar-refractivity contribution in [3.8, 4) is 0 Å². The molecule has 100 valence electrons. The Kier molecular flexibility index (Phi) is 4.14. The Bertz CT molecular complexity index is 550. The molecule has 2 aromatic rings. The summed E-state index contributed by atoms with van der Waals surface area (Å²) >= 11 is 3.63. The van der Waals surface area contributed by atoms with E-state index in [1.807, 2.05) is 6.20 Å². The minimum atomic E-state index is 0.807. The van der Waals surface area contributed by atoms with Crippen LogP contribution in [0.1, 0.15) is 18.4 Å². The van der Waals surface area contributed by atoms with E-state index in [2.05, 4.69) is 56.1 Å². The number of halogens is 1. The van der Waals surface area contributed by atoms with Crippen LogP contribution in [-0.4, -0.2) is 28.3 Å². The predicted octanol–water partition coefficient (Wildman–Crippen LogP) is 3.84. The second-order valence-corrected chi connectivity index (χ2v) is 6.03. The second kappa shape index (κ2) is 6.02. The molecule has 0 amide bonds. The van der Waals surface area contributed by atoms with E-state index in [1.54, 1.807) is 0 Å². The number of hydrogen-bond donors (Lipinski definition) is 0. The van der Waals surface area contributed by atoms with Gasteiger partial charge in [-0.2, -0.15) is 0 Å². The van der Waals surface area contributed by atoms with E-state index in [1.165, 1.54) is 36.9 Å². The van der Waals surface area contributed by atoms with Crippen LogP contribution in [0.4, 0.5) is 0 Å². The molecule has 0 N–H and O–H groups in total. The number of fused-ring (bicyclic) bond motifs is 1.